The minimum atomic E-state index is -0.0517. The van der Waals surface area contributed by atoms with Crippen LogP contribution in [0.3, 0.4) is 0 Å². The zero-order valence-electron chi connectivity index (χ0n) is 11.0. The molecule has 1 aliphatic heterocycles. The molecule has 6 heteroatoms. The van der Waals surface area contributed by atoms with E-state index in [2.05, 4.69) is 0 Å². The van der Waals surface area contributed by atoms with Gasteiger partial charge in [0.15, 0.2) is 0 Å². The average Bonchev–Trinajstić information content (AvgIpc) is 2.71. The van der Waals surface area contributed by atoms with Gasteiger partial charge in [0.25, 0.3) is 5.91 Å². The number of carbonyl (C=O) groups is 1. The number of nitrogens with zero attached hydrogens (tertiary/aromatic N) is 1. The molecule has 0 atom stereocenters. The molecule has 0 aliphatic carbocycles. The van der Waals surface area contributed by atoms with E-state index in [0.717, 1.165) is 5.56 Å². The summed E-state index contributed by atoms with van der Waals surface area (Å²) >= 11 is 6.48. The second-order valence-electron chi connectivity index (χ2n) is 4.07. The molecule has 0 aromatic heterocycles. The van der Waals surface area contributed by atoms with Gasteiger partial charge in [0.2, 0.25) is 0 Å². The summed E-state index contributed by atoms with van der Waals surface area (Å²) in [6.07, 6.45) is 1.81. The van der Waals surface area contributed by atoms with Gasteiger partial charge >= 0.3 is 0 Å². The van der Waals surface area contributed by atoms with E-state index >= 15 is 0 Å². The number of carbonyl (C=O) groups excluding carboxylic acids is 1. The largest absolute Gasteiger partial charge is 0.491 e. The van der Waals surface area contributed by atoms with Gasteiger partial charge in [-0.3, -0.25) is 9.69 Å². The van der Waals surface area contributed by atoms with Crippen LogP contribution >= 0.6 is 24.0 Å². The Morgan fingerprint density at radius 2 is 2.30 bits per heavy atom. The number of aliphatic hydroxyl groups excluding tert-OH is 1. The van der Waals surface area contributed by atoms with Crippen LogP contribution in [0.1, 0.15) is 12.5 Å². The van der Waals surface area contributed by atoms with Gasteiger partial charge in [0.1, 0.15) is 16.7 Å². The Bertz CT molecular complexity index is 557. The highest BCUT2D eigenvalue weighted by Crippen LogP contribution is 2.32. The van der Waals surface area contributed by atoms with Gasteiger partial charge in [0, 0.05) is 6.54 Å². The smallest absolute Gasteiger partial charge is 0.266 e. The number of hydrogen-bond acceptors (Lipinski definition) is 5. The molecular weight excluding hydrogens is 294 g/mol. The van der Waals surface area contributed by atoms with E-state index < -0.39 is 0 Å². The molecule has 0 saturated carbocycles. The Labute approximate surface area is 127 Å². The highest BCUT2D eigenvalue weighted by atomic mass is 32.2. The van der Waals surface area contributed by atoms with Crippen LogP contribution in [-0.2, 0) is 4.79 Å². The first-order valence-corrected chi connectivity index (χ1v) is 7.47. The number of amides is 1. The average molecular weight is 309 g/mol. The number of hydrogen-bond donors (Lipinski definition) is 1. The molecule has 0 bridgehead atoms. The molecule has 4 nitrogen and oxygen atoms in total. The molecule has 1 amide bonds. The molecule has 1 saturated heterocycles. The van der Waals surface area contributed by atoms with Gasteiger partial charge in [-0.1, -0.05) is 36.1 Å². The van der Waals surface area contributed by atoms with Gasteiger partial charge < -0.3 is 9.84 Å². The molecule has 0 radical (unpaired) electrons. The minimum absolute atomic E-state index is 0.0284. The Morgan fingerprint density at radius 1 is 1.50 bits per heavy atom. The fourth-order valence-corrected chi connectivity index (χ4v) is 3.17. The highest BCUT2D eigenvalue weighted by molar-refractivity contribution is 8.26. The maximum atomic E-state index is 12.1. The maximum Gasteiger partial charge on any atom is 0.266 e. The van der Waals surface area contributed by atoms with Crippen molar-refractivity contribution in [3.63, 3.8) is 0 Å². The molecule has 1 fully saturated rings. The molecule has 0 spiro atoms. The molecule has 2 rings (SSSR count). The monoisotopic (exact) mass is 309 g/mol. The zero-order chi connectivity index (χ0) is 14.5. The van der Waals surface area contributed by atoms with Crippen molar-refractivity contribution in [2.75, 3.05) is 19.8 Å². The van der Waals surface area contributed by atoms with E-state index in [1.165, 1.54) is 11.8 Å². The van der Waals surface area contributed by atoms with Crippen LogP contribution in [0.2, 0.25) is 0 Å². The number of benzene rings is 1. The van der Waals surface area contributed by atoms with E-state index in [0.29, 0.717) is 21.5 Å². The number of rotatable bonds is 5. The first kappa shape index (κ1) is 15.0. The standard InChI is InChI=1S/C14H15NO3S2/c1-2-15-13(17)12(20-14(15)19)9-10-4-3-5-11(8-10)18-7-6-16/h3-5,8-9,16H,2,6-7H2,1H3/b12-9+. The lowest BCUT2D eigenvalue weighted by Gasteiger charge is -2.09. The number of aliphatic hydroxyl groups is 1. The Hall–Kier alpha value is -1.37. The Balaban J connectivity index is 2.19. The van der Waals surface area contributed by atoms with Crippen LogP contribution in [0, 0.1) is 0 Å². The van der Waals surface area contributed by atoms with Crippen molar-refractivity contribution in [2.45, 2.75) is 6.92 Å². The summed E-state index contributed by atoms with van der Waals surface area (Å²) in [4.78, 5) is 14.3. The summed E-state index contributed by atoms with van der Waals surface area (Å²) in [6.45, 7) is 2.71. The van der Waals surface area contributed by atoms with E-state index in [4.69, 9.17) is 22.1 Å². The summed E-state index contributed by atoms with van der Waals surface area (Å²) in [5.74, 6) is 0.614. The predicted molar refractivity (Wildman–Crippen MR) is 84.6 cm³/mol. The number of thioether (sulfide) groups is 1. The molecular formula is C14H15NO3S2. The fourth-order valence-electron chi connectivity index (χ4n) is 1.78. The lowest BCUT2D eigenvalue weighted by atomic mass is 10.2. The van der Waals surface area contributed by atoms with Crippen molar-refractivity contribution in [3.8, 4) is 5.75 Å². The van der Waals surface area contributed by atoms with Crippen molar-refractivity contribution in [1.29, 1.82) is 0 Å². The van der Waals surface area contributed by atoms with Crippen molar-refractivity contribution < 1.29 is 14.6 Å². The molecule has 0 unspecified atom stereocenters. The molecule has 1 heterocycles. The highest BCUT2D eigenvalue weighted by Gasteiger charge is 2.30. The van der Waals surface area contributed by atoms with Gasteiger partial charge in [0.05, 0.1) is 11.5 Å². The molecule has 1 aromatic rings. The molecule has 1 N–H and O–H groups in total. The summed E-state index contributed by atoms with van der Waals surface area (Å²) in [7, 11) is 0. The topological polar surface area (TPSA) is 49.8 Å². The number of thiocarbonyl (C=S) groups is 1. The molecule has 1 aromatic carbocycles. The molecule has 20 heavy (non-hydrogen) atoms. The van der Waals surface area contributed by atoms with E-state index in [9.17, 15) is 4.79 Å². The second kappa shape index (κ2) is 6.88. The van der Waals surface area contributed by atoms with Crippen molar-refractivity contribution in [2.24, 2.45) is 0 Å². The first-order valence-electron chi connectivity index (χ1n) is 6.24. The van der Waals surface area contributed by atoms with Crippen LogP contribution in [0.4, 0.5) is 0 Å². The van der Waals surface area contributed by atoms with Gasteiger partial charge in [-0.05, 0) is 30.7 Å². The summed E-state index contributed by atoms with van der Waals surface area (Å²) in [5, 5.41) is 8.74. The zero-order valence-corrected chi connectivity index (χ0v) is 12.7. The minimum Gasteiger partial charge on any atom is -0.491 e. The SMILES string of the molecule is CCN1C(=O)/C(=C\c2cccc(OCCO)c2)SC1=S. The Morgan fingerprint density at radius 3 is 2.95 bits per heavy atom. The summed E-state index contributed by atoms with van der Waals surface area (Å²) in [5.41, 5.74) is 0.872. The predicted octanol–water partition coefficient (Wildman–Crippen LogP) is 2.28. The quantitative estimate of drug-likeness (QED) is 0.668. The lowest BCUT2D eigenvalue weighted by Crippen LogP contribution is -2.27. The van der Waals surface area contributed by atoms with Crippen molar-refractivity contribution >= 4 is 40.3 Å². The van der Waals surface area contributed by atoms with Gasteiger partial charge in [-0.2, -0.15) is 0 Å². The normalized spacial score (nSPS) is 17.1. The van der Waals surface area contributed by atoms with Crippen LogP contribution in [0.5, 0.6) is 5.75 Å². The van der Waals surface area contributed by atoms with E-state index in [1.54, 1.807) is 11.0 Å². The van der Waals surface area contributed by atoms with Crippen LogP contribution in [0.25, 0.3) is 6.08 Å². The maximum absolute atomic E-state index is 12.1. The lowest BCUT2D eigenvalue weighted by molar-refractivity contribution is -0.121. The number of likely N-dealkylation sites (N-methyl/N-ethyl adjacent to an activating group) is 1. The van der Waals surface area contributed by atoms with Gasteiger partial charge in [-0.25, -0.2) is 0 Å². The number of ether oxygens (including phenoxy) is 1. The van der Waals surface area contributed by atoms with E-state index in [1.807, 2.05) is 31.2 Å². The van der Waals surface area contributed by atoms with Crippen LogP contribution < -0.4 is 4.74 Å². The summed E-state index contributed by atoms with van der Waals surface area (Å²) < 4.78 is 5.94. The van der Waals surface area contributed by atoms with Crippen molar-refractivity contribution in [1.82, 2.24) is 4.90 Å². The third-order valence-electron chi connectivity index (χ3n) is 2.71. The third-order valence-corrected chi connectivity index (χ3v) is 4.08. The molecule has 106 valence electrons. The third kappa shape index (κ3) is 3.39. The molecule has 1 aliphatic rings. The Kier molecular flexibility index (Phi) is 5.17. The van der Waals surface area contributed by atoms with Crippen LogP contribution in [-0.4, -0.2) is 40.0 Å². The van der Waals surface area contributed by atoms with Gasteiger partial charge in [-0.15, -0.1) is 0 Å². The van der Waals surface area contributed by atoms with E-state index in [-0.39, 0.29) is 19.1 Å². The van der Waals surface area contributed by atoms with Crippen LogP contribution in [0.15, 0.2) is 29.2 Å². The fraction of sp³-hybridized carbons (Fsp3) is 0.286. The second-order valence-corrected chi connectivity index (χ2v) is 5.75. The van der Waals surface area contributed by atoms with Crippen molar-refractivity contribution in [3.05, 3.63) is 34.7 Å². The summed E-state index contributed by atoms with van der Waals surface area (Å²) in [6, 6.07) is 7.38. The first-order chi connectivity index (χ1) is 9.65.